The van der Waals surface area contributed by atoms with E-state index in [1.54, 1.807) is 4.68 Å². The van der Waals surface area contributed by atoms with Crippen LogP contribution in [0.4, 0.5) is 0 Å². The lowest BCUT2D eigenvalue weighted by Crippen LogP contribution is -2.48. The van der Waals surface area contributed by atoms with Gasteiger partial charge in [-0.2, -0.15) is 5.10 Å². The van der Waals surface area contributed by atoms with Gasteiger partial charge in [0.25, 0.3) is 0 Å². The third-order valence-corrected chi connectivity index (χ3v) is 4.60. The average molecular weight is 488 g/mol. The molecule has 0 aliphatic carbocycles. The van der Waals surface area contributed by atoms with Crippen molar-refractivity contribution >= 4 is 29.9 Å². The first-order chi connectivity index (χ1) is 12.6. The zero-order valence-corrected chi connectivity index (χ0v) is 18.8. The molecular formula is C18H29IN6O2. The van der Waals surface area contributed by atoms with Crippen molar-refractivity contribution < 1.29 is 9.26 Å². The lowest BCUT2D eigenvalue weighted by Gasteiger charge is -2.34. The zero-order valence-electron chi connectivity index (χ0n) is 16.4. The molecule has 27 heavy (non-hydrogen) atoms. The summed E-state index contributed by atoms with van der Waals surface area (Å²) in [5, 5.41) is 11.7. The molecule has 9 heteroatoms. The fourth-order valence-electron chi connectivity index (χ4n) is 3.21. The van der Waals surface area contributed by atoms with E-state index < -0.39 is 0 Å². The van der Waals surface area contributed by atoms with Gasteiger partial charge < -0.3 is 19.5 Å². The maximum absolute atomic E-state index is 5.93. The highest BCUT2D eigenvalue weighted by molar-refractivity contribution is 14.0. The third-order valence-electron chi connectivity index (χ3n) is 4.60. The number of halogens is 1. The van der Waals surface area contributed by atoms with Crippen LogP contribution in [-0.2, 0) is 18.2 Å². The maximum Gasteiger partial charge on any atom is 0.194 e. The second-order valence-corrected chi connectivity index (χ2v) is 6.54. The summed E-state index contributed by atoms with van der Waals surface area (Å²) < 4.78 is 13.0. The molecule has 0 aromatic carbocycles. The molecular weight excluding hydrogens is 459 g/mol. The Morgan fingerprint density at radius 2 is 2.22 bits per heavy atom. The van der Waals surface area contributed by atoms with Crippen LogP contribution in [-0.4, -0.2) is 58.6 Å². The summed E-state index contributed by atoms with van der Waals surface area (Å²) in [6.45, 7) is 9.80. The first kappa shape index (κ1) is 21.7. The highest BCUT2D eigenvalue weighted by Gasteiger charge is 2.25. The van der Waals surface area contributed by atoms with Crippen LogP contribution in [0.2, 0.25) is 0 Å². The van der Waals surface area contributed by atoms with Crippen LogP contribution in [0.5, 0.6) is 0 Å². The molecule has 0 bridgehead atoms. The molecule has 1 aliphatic rings. The van der Waals surface area contributed by atoms with E-state index >= 15 is 0 Å². The number of nitrogens with zero attached hydrogens (tertiary/aromatic N) is 5. The summed E-state index contributed by atoms with van der Waals surface area (Å²) in [6.07, 6.45) is 4.72. The molecule has 1 fully saturated rings. The number of guanidine groups is 1. The summed E-state index contributed by atoms with van der Waals surface area (Å²) in [5.74, 6) is 1.81. The molecule has 3 rings (SSSR count). The van der Waals surface area contributed by atoms with Gasteiger partial charge in [0.1, 0.15) is 11.9 Å². The molecule has 0 saturated carbocycles. The van der Waals surface area contributed by atoms with Gasteiger partial charge in [0, 0.05) is 44.0 Å². The molecule has 0 spiro atoms. The molecule has 3 heterocycles. The minimum absolute atomic E-state index is 0. The Balaban J connectivity index is 0.00000261. The number of rotatable bonds is 5. The molecule has 2 aromatic heterocycles. The molecule has 1 unspecified atom stereocenters. The standard InChI is InChI=1S/C18H28N6O2.HI/c1-5-19-18(20-7-6-16-13(2)22-26-14(16)3)24-8-9-25-17(12-24)15-10-21-23(4)11-15;/h10-11,17H,5-9,12H2,1-4H3,(H,19,20);1H. The van der Waals surface area contributed by atoms with Gasteiger partial charge in [-0.05, 0) is 27.2 Å². The lowest BCUT2D eigenvalue weighted by atomic mass is 10.1. The number of aliphatic imine (C=N–C) groups is 1. The van der Waals surface area contributed by atoms with Crippen molar-refractivity contribution in [1.82, 2.24) is 25.2 Å². The SMILES string of the molecule is CCNC(=NCCc1c(C)noc1C)N1CCOC(c2cnn(C)c2)C1.I. The first-order valence-electron chi connectivity index (χ1n) is 9.13. The minimum atomic E-state index is 0. The van der Waals surface area contributed by atoms with Gasteiger partial charge in [-0.1, -0.05) is 5.16 Å². The van der Waals surface area contributed by atoms with Crippen LogP contribution in [0.15, 0.2) is 21.9 Å². The van der Waals surface area contributed by atoms with E-state index in [9.17, 15) is 0 Å². The summed E-state index contributed by atoms with van der Waals surface area (Å²) in [4.78, 5) is 7.08. The second-order valence-electron chi connectivity index (χ2n) is 6.54. The van der Waals surface area contributed by atoms with Gasteiger partial charge in [-0.15, -0.1) is 24.0 Å². The molecule has 0 radical (unpaired) electrons. The van der Waals surface area contributed by atoms with Crippen molar-refractivity contribution in [1.29, 1.82) is 0 Å². The van der Waals surface area contributed by atoms with E-state index in [0.29, 0.717) is 13.2 Å². The zero-order chi connectivity index (χ0) is 18.5. The van der Waals surface area contributed by atoms with Gasteiger partial charge in [0.2, 0.25) is 0 Å². The Labute approximate surface area is 177 Å². The highest BCUT2D eigenvalue weighted by atomic mass is 127. The monoisotopic (exact) mass is 488 g/mol. The number of aryl methyl sites for hydroxylation is 3. The Morgan fingerprint density at radius 3 is 2.85 bits per heavy atom. The Hall–Kier alpha value is -1.62. The Kier molecular flexibility index (Phi) is 8.08. The fraction of sp³-hybridized carbons (Fsp3) is 0.611. The number of hydrogen-bond acceptors (Lipinski definition) is 5. The largest absolute Gasteiger partial charge is 0.370 e. The fourth-order valence-corrected chi connectivity index (χ4v) is 3.21. The Morgan fingerprint density at radius 1 is 1.41 bits per heavy atom. The molecule has 150 valence electrons. The Bertz CT molecular complexity index is 737. The number of nitrogens with one attached hydrogen (secondary N) is 1. The van der Waals surface area contributed by atoms with Crippen LogP contribution in [0, 0.1) is 13.8 Å². The van der Waals surface area contributed by atoms with E-state index in [4.69, 9.17) is 14.3 Å². The van der Waals surface area contributed by atoms with Gasteiger partial charge in [-0.25, -0.2) is 0 Å². The number of morpholine rings is 1. The van der Waals surface area contributed by atoms with Crippen LogP contribution in [0.3, 0.4) is 0 Å². The van der Waals surface area contributed by atoms with Gasteiger partial charge >= 0.3 is 0 Å². The summed E-state index contributed by atoms with van der Waals surface area (Å²) in [7, 11) is 1.92. The minimum Gasteiger partial charge on any atom is -0.370 e. The van der Waals surface area contributed by atoms with Gasteiger partial charge in [-0.3, -0.25) is 9.67 Å². The predicted octanol–water partition coefficient (Wildman–Crippen LogP) is 2.22. The molecule has 1 N–H and O–H groups in total. The van der Waals surface area contributed by atoms with Crippen LogP contribution >= 0.6 is 24.0 Å². The second kappa shape index (κ2) is 10.1. The average Bonchev–Trinajstić information content (AvgIpc) is 3.21. The van der Waals surface area contributed by atoms with Crippen molar-refractivity contribution in [2.45, 2.75) is 33.3 Å². The van der Waals surface area contributed by atoms with E-state index in [2.05, 4.69) is 27.4 Å². The number of hydrogen-bond donors (Lipinski definition) is 1. The smallest absolute Gasteiger partial charge is 0.194 e. The third kappa shape index (κ3) is 5.44. The molecule has 0 amide bonds. The summed E-state index contributed by atoms with van der Waals surface area (Å²) >= 11 is 0. The van der Waals surface area contributed by atoms with E-state index in [1.165, 1.54) is 0 Å². The molecule has 8 nitrogen and oxygen atoms in total. The van der Waals surface area contributed by atoms with Crippen molar-refractivity contribution in [3.05, 3.63) is 35.0 Å². The van der Waals surface area contributed by atoms with Crippen molar-refractivity contribution in [2.24, 2.45) is 12.0 Å². The number of ether oxygens (including phenoxy) is 1. The summed E-state index contributed by atoms with van der Waals surface area (Å²) in [6, 6.07) is 0. The highest BCUT2D eigenvalue weighted by Crippen LogP contribution is 2.21. The van der Waals surface area contributed by atoms with Gasteiger partial charge in [0.15, 0.2) is 5.96 Å². The molecule has 1 aliphatic heterocycles. The van der Waals surface area contributed by atoms with Gasteiger partial charge in [0.05, 0.1) is 25.0 Å². The van der Waals surface area contributed by atoms with Crippen molar-refractivity contribution in [2.75, 3.05) is 32.8 Å². The maximum atomic E-state index is 5.93. The van der Waals surface area contributed by atoms with E-state index in [0.717, 1.165) is 54.6 Å². The number of aromatic nitrogens is 3. The summed E-state index contributed by atoms with van der Waals surface area (Å²) in [5.41, 5.74) is 3.20. The van der Waals surface area contributed by atoms with Crippen LogP contribution in [0.25, 0.3) is 0 Å². The quantitative estimate of drug-likeness (QED) is 0.395. The van der Waals surface area contributed by atoms with E-state index in [-0.39, 0.29) is 30.1 Å². The first-order valence-corrected chi connectivity index (χ1v) is 9.13. The lowest BCUT2D eigenvalue weighted by molar-refractivity contribution is -0.00803. The van der Waals surface area contributed by atoms with Crippen molar-refractivity contribution in [3.8, 4) is 0 Å². The van der Waals surface area contributed by atoms with Crippen molar-refractivity contribution in [3.63, 3.8) is 0 Å². The predicted molar refractivity (Wildman–Crippen MR) is 115 cm³/mol. The van der Waals surface area contributed by atoms with E-state index in [1.807, 2.05) is 33.3 Å². The topological polar surface area (TPSA) is 80.7 Å². The molecule has 1 atom stereocenters. The van der Waals surface area contributed by atoms with Crippen LogP contribution < -0.4 is 5.32 Å². The molecule has 2 aromatic rings. The normalized spacial score (nSPS) is 17.7. The van der Waals surface area contributed by atoms with Crippen LogP contribution in [0.1, 0.15) is 35.6 Å². The molecule has 1 saturated heterocycles.